The van der Waals surface area contributed by atoms with Gasteiger partial charge in [0.1, 0.15) is 0 Å². The van der Waals surface area contributed by atoms with Crippen LogP contribution in [-0.2, 0) is 0 Å². The van der Waals surface area contributed by atoms with Crippen molar-refractivity contribution in [3.63, 3.8) is 0 Å². The lowest BCUT2D eigenvalue weighted by Gasteiger charge is -2.33. The van der Waals surface area contributed by atoms with E-state index in [1.807, 2.05) is 0 Å². The Balaban J connectivity index is 1.95. The highest BCUT2D eigenvalue weighted by molar-refractivity contribution is 5.86. The van der Waals surface area contributed by atoms with E-state index in [9.17, 15) is 0 Å². The molecule has 0 bridgehead atoms. The summed E-state index contributed by atoms with van der Waals surface area (Å²) in [5.74, 6) is 1.81. The molecule has 3 aromatic rings. The van der Waals surface area contributed by atoms with Gasteiger partial charge >= 0.3 is 0 Å². The van der Waals surface area contributed by atoms with Gasteiger partial charge in [0.25, 0.3) is 0 Å². The molecule has 1 aliphatic rings. The quantitative estimate of drug-likeness (QED) is 0.416. The van der Waals surface area contributed by atoms with Crippen molar-refractivity contribution in [2.24, 2.45) is 0 Å². The van der Waals surface area contributed by atoms with Gasteiger partial charge in [-0.25, -0.2) is 0 Å². The van der Waals surface area contributed by atoms with Crippen molar-refractivity contribution >= 4 is 17.1 Å². The number of nitrogens with zero attached hydrogens (tertiary/aromatic N) is 1. The molecule has 3 aromatic carbocycles. The largest absolute Gasteiger partial charge is 0.453 e. The second-order valence-corrected chi connectivity index (χ2v) is 6.22. The Morgan fingerprint density at radius 1 is 0.609 bits per heavy atom. The minimum absolute atomic E-state index is 0.906. The number of aryl methyl sites for hydroxylation is 3. The first-order chi connectivity index (χ1) is 11.1. The lowest BCUT2D eigenvalue weighted by atomic mass is 10.1. The molecule has 23 heavy (non-hydrogen) atoms. The zero-order valence-electron chi connectivity index (χ0n) is 13.6. The third-order valence-electron chi connectivity index (χ3n) is 4.22. The zero-order valence-corrected chi connectivity index (χ0v) is 13.6. The highest BCUT2D eigenvalue weighted by Gasteiger charge is 2.25. The molecule has 0 radical (unpaired) electrons. The van der Waals surface area contributed by atoms with Crippen LogP contribution in [0.15, 0.2) is 60.7 Å². The highest BCUT2D eigenvalue weighted by atomic mass is 16.5. The van der Waals surface area contributed by atoms with Crippen LogP contribution in [0.2, 0.25) is 0 Å². The lowest BCUT2D eigenvalue weighted by molar-refractivity contribution is 0.476. The van der Waals surface area contributed by atoms with Gasteiger partial charge in [0.05, 0.1) is 11.4 Å². The van der Waals surface area contributed by atoms with Crippen LogP contribution < -0.4 is 9.64 Å². The molecule has 2 nitrogen and oxygen atoms in total. The molecule has 0 atom stereocenters. The molecule has 0 aromatic heterocycles. The number of hydrogen-bond acceptors (Lipinski definition) is 2. The second-order valence-electron chi connectivity index (χ2n) is 6.22. The van der Waals surface area contributed by atoms with Gasteiger partial charge in [-0.1, -0.05) is 29.8 Å². The maximum atomic E-state index is 6.17. The van der Waals surface area contributed by atoms with Crippen LogP contribution in [0, 0.1) is 20.8 Å². The van der Waals surface area contributed by atoms with Crippen LogP contribution in [0.5, 0.6) is 11.5 Å². The molecule has 0 spiro atoms. The third kappa shape index (κ3) is 2.36. The van der Waals surface area contributed by atoms with E-state index in [0.29, 0.717) is 0 Å². The lowest BCUT2D eigenvalue weighted by Crippen LogP contribution is -2.16. The molecule has 0 saturated heterocycles. The van der Waals surface area contributed by atoms with E-state index in [-0.39, 0.29) is 0 Å². The first-order valence-electron chi connectivity index (χ1n) is 7.88. The topological polar surface area (TPSA) is 12.5 Å². The molecule has 0 N–H and O–H groups in total. The first-order valence-corrected chi connectivity index (χ1v) is 7.88. The molecule has 1 aliphatic heterocycles. The summed E-state index contributed by atoms with van der Waals surface area (Å²) in [6, 6.07) is 21.3. The minimum Gasteiger partial charge on any atom is -0.453 e. The van der Waals surface area contributed by atoms with Gasteiger partial charge in [-0.2, -0.15) is 0 Å². The summed E-state index contributed by atoms with van der Waals surface area (Å²) in [7, 11) is 0. The van der Waals surface area contributed by atoms with Gasteiger partial charge in [-0.3, -0.25) is 0 Å². The molecule has 0 amide bonds. The number of ether oxygens (including phenoxy) is 1. The fourth-order valence-electron chi connectivity index (χ4n) is 3.00. The van der Waals surface area contributed by atoms with Crippen LogP contribution in [0.1, 0.15) is 16.7 Å². The average molecular weight is 301 g/mol. The summed E-state index contributed by atoms with van der Waals surface area (Å²) in [4.78, 5) is 2.27. The Kier molecular flexibility index (Phi) is 3.12. The molecule has 2 heteroatoms. The van der Waals surface area contributed by atoms with Gasteiger partial charge < -0.3 is 9.64 Å². The second kappa shape index (κ2) is 5.17. The van der Waals surface area contributed by atoms with Crippen molar-refractivity contribution in [3.05, 3.63) is 77.4 Å². The predicted octanol–water partition coefficient (Wildman–Crippen LogP) is 6.19. The summed E-state index contributed by atoms with van der Waals surface area (Å²) in [5, 5.41) is 0. The average Bonchev–Trinajstić information content (AvgIpc) is 2.53. The first kappa shape index (κ1) is 13.9. The van der Waals surface area contributed by atoms with Crippen molar-refractivity contribution in [1.82, 2.24) is 0 Å². The van der Waals surface area contributed by atoms with Crippen LogP contribution >= 0.6 is 0 Å². The van der Waals surface area contributed by atoms with Gasteiger partial charge in [0.15, 0.2) is 11.5 Å². The Hall–Kier alpha value is -2.74. The van der Waals surface area contributed by atoms with Gasteiger partial charge in [0, 0.05) is 5.69 Å². The van der Waals surface area contributed by atoms with Gasteiger partial charge in [-0.05, 0) is 68.3 Å². The van der Waals surface area contributed by atoms with E-state index >= 15 is 0 Å². The van der Waals surface area contributed by atoms with Crippen LogP contribution in [-0.4, -0.2) is 0 Å². The summed E-state index contributed by atoms with van der Waals surface area (Å²) in [6.45, 7) is 6.29. The van der Waals surface area contributed by atoms with Crippen molar-refractivity contribution in [1.29, 1.82) is 0 Å². The van der Waals surface area contributed by atoms with Crippen LogP contribution in [0.3, 0.4) is 0 Å². The van der Waals surface area contributed by atoms with Crippen LogP contribution in [0.25, 0.3) is 0 Å². The molecule has 4 rings (SSSR count). The summed E-state index contributed by atoms with van der Waals surface area (Å²) >= 11 is 0. The fraction of sp³-hybridized carbons (Fsp3) is 0.143. The molecule has 1 heterocycles. The monoisotopic (exact) mass is 301 g/mol. The standard InChI is InChI=1S/C21H19NO/c1-14-4-8-17(9-5-14)22-18-10-6-15(2)12-20(18)23-21-13-16(3)7-11-19(21)22/h4-13H,1-3H3. The molecule has 0 aliphatic carbocycles. The molecule has 0 fully saturated rings. The van der Waals surface area contributed by atoms with E-state index in [1.165, 1.54) is 16.7 Å². The van der Waals surface area contributed by atoms with Gasteiger partial charge in [-0.15, -0.1) is 0 Å². The molecule has 0 saturated carbocycles. The van der Waals surface area contributed by atoms with E-state index in [4.69, 9.17) is 4.74 Å². The van der Waals surface area contributed by atoms with Crippen molar-refractivity contribution in [3.8, 4) is 11.5 Å². The van der Waals surface area contributed by atoms with E-state index in [2.05, 4.69) is 86.3 Å². The SMILES string of the molecule is Cc1ccc(N2c3ccc(C)cc3Oc3cc(C)ccc32)cc1. The van der Waals surface area contributed by atoms with E-state index in [0.717, 1.165) is 28.6 Å². The molecule has 114 valence electrons. The number of rotatable bonds is 1. The Morgan fingerprint density at radius 2 is 1.09 bits per heavy atom. The fourth-order valence-corrected chi connectivity index (χ4v) is 3.00. The van der Waals surface area contributed by atoms with Crippen molar-refractivity contribution in [2.45, 2.75) is 20.8 Å². The molecular formula is C21H19NO. The number of anilines is 3. The Morgan fingerprint density at radius 3 is 1.61 bits per heavy atom. The third-order valence-corrected chi connectivity index (χ3v) is 4.22. The van der Waals surface area contributed by atoms with Crippen molar-refractivity contribution in [2.75, 3.05) is 4.90 Å². The maximum absolute atomic E-state index is 6.17. The van der Waals surface area contributed by atoms with Crippen molar-refractivity contribution < 1.29 is 4.74 Å². The normalized spacial score (nSPS) is 12.4. The minimum atomic E-state index is 0.906. The molecular weight excluding hydrogens is 282 g/mol. The summed E-state index contributed by atoms with van der Waals surface area (Å²) in [5.41, 5.74) is 6.96. The van der Waals surface area contributed by atoms with E-state index in [1.54, 1.807) is 0 Å². The Labute approximate surface area is 137 Å². The molecule has 0 unspecified atom stereocenters. The van der Waals surface area contributed by atoms with Gasteiger partial charge in [0.2, 0.25) is 0 Å². The number of benzene rings is 3. The maximum Gasteiger partial charge on any atom is 0.151 e. The number of fused-ring (bicyclic) bond motifs is 2. The smallest absolute Gasteiger partial charge is 0.151 e. The summed E-state index contributed by atoms with van der Waals surface area (Å²) < 4.78 is 6.17. The zero-order chi connectivity index (χ0) is 16.0. The van der Waals surface area contributed by atoms with E-state index < -0.39 is 0 Å². The predicted molar refractivity (Wildman–Crippen MR) is 95.4 cm³/mol. The summed E-state index contributed by atoms with van der Waals surface area (Å²) in [6.07, 6.45) is 0. The highest BCUT2D eigenvalue weighted by Crippen LogP contribution is 2.50. The Bertz CT molecular complexity index is 829. The van der Waals surface area contributed by atoms with Crippen LogP contribution in [0.4, 0.5) is 17.1 Å². The number of hydrogen-bond donors (Lipinski definition) is 0.